The first-order valence-electron chi connectivity index (χ1n) is 7.08. The second kappa shape index (κ2) is 8.30. The van der Waals surface area contributed by atoms with Crippen molar-refractivity contribution in [2.24, 2.45) is 0 Å². The second-order valence-corrected chi connectivity index (χ2v) is 4.80. The van der Waals surface area contributed by atoms with Crippen molar-refractivity contribution >= 4 is 17.7 Å². The molecule has 0 spiro atoms. The fourth-order valence-electron chi connectivity index (χ4n) is 1.98. The molecule has 126 valence electrons. The first kappa shape index (κ1) is 17.0. The summed E-state index contributed by atoms with van der Waals surface area (Å²) in [5, 5.41) is 11.6. The number of rotatable bonds is 6. The Bertz CT molecular complexity index is 553. The minimum Gasteiger partial charge on any atom is -0.479 e. The third kappa shape index (κ3) is 5.08. The lowest BCUT2D eigenvalue weighted by Gasteiger charge is -2.30. The Balaban J connectivity index is 1.91. The molecule has 2 heterocycles. The number of ether oxygens (including phenoxy) is 3. The molecular weight excluding hydrogens is 306 g/mol. The van der Waals surface area contributed by atoms with Gasteiger partial charge in [0.1, 0.15) is 6.61 Å². The molecule has 1 atom stereocenters. The molecule has 2 amide bonds. The number of nitrogens with one attached hydrogen (secondary N) is 1. The number of hydrogen-bond acceptors (Lipinski definition) is 6. The van der Waals surface area contributed by atoms with Gasteiger partial charge in [0.05, 0.1) is 19.8 Å². The van der Waals surface area contributed by atoms with Gasteiger partial charge in [-0.25, -0.2) is 14.6 Å². The average molecular weight is 325 g/mol. The molecule has 1 saturated heterocycles. The van der Waals surface area contributed by atoms with Crippen LogP contribution in [0.25, 0.3) is 0 Å². The van der Waals surface area contributed by atoms with Crippen LogP contribution in [0.2, 0.25) is 0 Å². The summed E-state index contributed by atoms with van der Waals surface area (Å²) >= 11 is 0. The van der Waals surface area contributed by atoms with Gasteiger partial charge in [0, 0.05) is 31.6 Å². The van der Waals surface area contributed by atoms with Crippen LogP contribution in [0.3, 0.4) is 0 Å². The van der Waals surface area contributed by atoms with Crippen LogP contribution in [0.4, 0.5) is 10.5 Å². The summed E-state index contributed by atoms with van der Waals surface area (Å²) in [5.74, 6) is -0.717. The van der Waals surface area contributed by atoms with E-state index in [9.17, 15) is 9.59 Å². The highest BCUT2D eigenvalue weighted by Crippen LogP contribution is 2.15. The Morgan fingerprint density at radius 1 is 1.52 bits per heavy atom. The number of hydrogen-bond donors (Lipinski definition) is 2. The molecule has 0 bridgehead atoms. The Kier molecular flexibility index (Phi) is 6.12. The van der Waals surface area contributed by atoms with E-state index in [2.05, 4.69) is 10.3 Å². The highest BCUT2D eigenvalue weighted by Gasteiger charge is 2.29. The van der Waals surface area contributed by atoms with Gasteiger partial charge in [0.15, 0.2) is 6.10 Å². The van der Waals surface area contributed by atoms with Crippen LogP contribution in [-0.4, -0.2) is 73.1 Å². The van der Waals surface area contributed by atoms with E-state index in [0.29, 0.717) is 31.3 Å². The standard InChI is InChI=1S/C14H19N3O6/c1-21-6-7-23-12-8-10(2-3-15-12)16-14(20)17-4-5-22-11(9-17)13(18)19/h2-3,8,11H,4-7,9H2,1H3,(H,18,19)(H,15,16,20). The van der Waals surface area contributed by atoms with Gasteiger partial charge < -0.3 is 29.5 Å². The topological polar surface area (TPSA) is 110 Å². The van der Waals surface area contributed by atoms with E-state index in [1.807, 2.05) is 0 Å². The number of nitrogens with zero attached hydrogens (tertiary/aromatic N) is 2. The lowest BCUT2D eigenvalue weighted by molar-refractivity contribution is -0.154. The molecular formula is C14H19N3O6. The number of aromatic nitrogens is 1. The molecule has 0 radical (unpaired) electrons. The molecule has 23 heavy (non-hydrogen) atoms. The quantitative estimate of drug-likeness (QED) is 0.729. The molecule has 0 saturated carbocycles. The van der Waals surface area contributed by atoms with Crippen molar-refractivity contribution in [1.29, 1.82) is 0 Å². The van der Waals surface area contributed by atoms with Crippen LogP contribution >= 0.6 is 0 Å². The molecule has 1 unspecified atom stereocenters. The summed E-state index contributed by atoms with van der Waals surface area (Å²) in [7, 11) is 1.57. The van der Waals surface area contributed by atoms with Crippen molar-refractivity contribution in [3.05, 3.63) is 18.3 Å². The van der Waals surface area contributed by atoms with Crippen LogP contribution in [-0.2, 0) is 14.3 Å². The lowest BCUT2D eigenvalue weighted by atomic mass is 10.3. The minimum atomic E-state index is -1.08. The van der Waals surface area contributed by atoms with Gasteiger partial charge in [-0.1, -0.05) is 0 Å². The summed E-state index contributed by atoms with van der Waals surface area (Å²) < 4.78 is 15.3. The maximum absolute atomic E-state index is 12.2. The van der Waals surface area contributed by atoms with Crippen LogP contribution in [0.1, 0.15) is 0 Å². The van der Waals surface area contributed by atoms with Gasteiger partial charge in [-0.2, -0.15) is 0 Å². The van der Waals surface area contributed by atoms with Crippen LogP contribution < -0.4 is 10.1 Å². The molecule has 1 fully saturated rings. The zero-order chi connectivity index (χ0) is 16.7. The van der Waals surface area contributed by atoms with E-state index in [0.717, 1.165) is 0 Å². The third-order valence-electron chi connectivity index (χ3n) is 3.15. The number of methoxy groups -OCH3 is 1. The Labute approximate surface area is 133 Å². The predicted molar refractivity (Wildman–Crippen MR) is 79.6 cm³/mol. The average Bonchev–Trinajstić information content (AvgIpc) is 2.55. The summed E-state index contributed by atoms with van der Waals surface area (Å²) in [6, 6.07) is 2.81. The number of carboxylic acids is 1. The summed E-state index contributed by atoms with van der Waals surface area (Å²) in [4.78, 5) is 28.5. The summed E-state index contributed by atoms with van der Waals surface area (Å²) in [5.41, 5.74) is 0.510. The van der Waals surface area contributed by atoms with Gasteiger partial charge in [0.25, 0.3) is 0 Å². The number of urea groups is 1. The molecule has 1 aliphatic rings. The number of anilines is 1. The zero-order valence-electron chi connectivity index (χ0n) is 12.7. The monoisotopic (exact) mass is 325 g/mol. The molecule has 2 rings (SSSR count). The highest BCUT2D eigenvalue weighted by atomic mass is 16.5. The van der Waals surface area contributed by atoms with Gasteiger partial charge in [-0.15, -0.1) is 0 Å². The van der Waals surface area contributed by atoms with E-state index in [1.165, 1.54) is 11.1 Å². The fraction of sp³-hybridized carbons (Fsp3) is 0.500. The first-order valence-corrected chi connectivity index (χ1v) is 7.08. The Hall–Kier alpha value is -2.39. The van der Waals surface area contributed by atoms with Crippen LogP contribution in [0, 0.1) is 0 Å². The fourth-order valence-corrected chi connectivity index (χ4v) is 1.98. The van der Waals surface area contributed by atoms with Gasteiger partial charge in [0.2, 0.25) is 5.88 Å². The smallest absolute Gasteiger partial charge is 0.334 e. The van der Waals surface area contributed by atoms with E-state index in [4.69, 9.17) is 19.3 Å². The molecule has 1 aromatic rings. The molecule has 2 N–H and O–H groups in total. The van der Waals surface area contributed by atoms with Gasteiger partial charge in [-0.05, 0) is 6.07 Å². The Morgan fingerprint density at radius 3 is 3.09 bits per heavy atom. The predicted octanol–water partition coefficient (Wildman–Crippen LogP) is 0.424. The molecule has 9 nitrogen and oxygen atoms in total. The van der Waals surface area contributed by atoms with E-state index in [-0.39, 0.29) is 13.2 Å². The van der Waals surface area contributed by atoms with E-state index >= 15 is 0 Å². The van der Waals surface area contributed by atoms with Crippen molar-refractivity contribution in [3.8, 4) is 5.88 Å². The summed E-state index contributed by atoms with van der Waals surface area (Å²) in [6.45, 7) is 1.31. The lowest BCUT2D eigenvalue weighted by Crippen LogP contribution is -2.49. The van der Waals surface area contributed by atoms with Crippen molar-refractivity contribution < 1.29 is 28.9 Å². The minimum absolute atomic E-state index is 0.00342. The maximum atomic E-state index is 12.2. The van der Waals surface area contributed by atoms with Crippen LogP contribution in [0.5, 0.6) is 5.88 Å². The Morgan fingerprint density at radius 2 is 2.35 bits per heavy atom. The number of carbonyl (C=O) groups excluding carboxylic acids is 1. The number of aliphatic carboxylic acids is 1. The second-order valence-electron chi connectivity index (χ2n) is 4.80. The first-order chi connectivity index (χ1) is 11.1. The van der Waals surface area contributed by atoms with Crippen LogP contribution in [0.15, 0.2) is 18.3 Å². The van der Waals surface area contributed by atoms with E-state index in [1.54, 1.807) is 19.2 Å². The molecule has 0 aromatic carbocycles. The van der Waals surface area contributed by atoms with Crippen molar-refractivity contribution in [2.45, 2.75) is 6.10 Å². The number of amides is 2. The molecule has 9 heteroatoms. The number of carbonyl (C=O) groups is 2. The van der Waals surface area contributed by atoms with Crippen molar-refractivity contribution in [3.63, 3.8) is 0 Å². The van der Waals surface area contributed by atoms with Gasteiger partial charge in [-0.3, -0.25) is 0 Å². The summed E-state index contributed by atoms with van der Waals surface area (Å²) in [6.07, 6.45) is 0.511. The normalized spacial score (nSPS) is 17.6. The molecule has 0 aliphatic carbocycles. The zero-order valence-corrected chi connectivity index (χ0v) is 12.7. The van der Waals surface area contributed by atoms with Crippen molar-refractivity contribution in [2.75, 3.05) is 45.3 Å². The van der Waals surface area contributed by atoms with E-state index < -0.39 is 18.1 Å². The highest BCUT2D eigenvalue weighted by molar-refractivity contribution is 5.90. The number of carboxylic acid groups (broad SMARTS) is 1. The maximum Gasteiger partial charge on any atom is 0.334 e. The largest absolute Gasteiger partial charge is 0.479 e. The number of pyridine rings is 1. The third-order valence-corrected chi connectivity index (χ3v) is 3.15. The van der Waals surface area contributed by atoms with Gasteiger partial charge >= 0.3 is 12.0 Å². The van der Waals surface area contributed by atoms with Crippen molar-refractivity contribution in [1.82, 2.24) is 9.88 Å². The molecule has 1 aliphatic heterocycles. The SMILES string of the molecule is COCCOc1cc(NC(=O)N2CCOC(C(=O)O)C2)ccn1. The molecule has 1 aromatic heterocycles. The number of morpholine rings is 1.